The molecular weight excluding hydrogens is 408 g/mol. The number of benzene rings is 2. The first-order valence-electron chi connectivity index (χ1n) is 9.48. The molecule has 3 rings (SSSR count). The molecule has 0 N–H and O–H groups in total. The Balaban J connectivity index is 0.000000265. The van der Waals surface area contributed by atoms with Crippen molar-refractivity contribution in [3.8, 4) is 0 Å². The number of hydrogen-bond donors (Lipinski definition) is 0. The molecule has 1 unspecified atom stereocenters. The predicted octanol–water partition coefficient (Wildman–Crippen LogP) is 4.25. The van der Waals surface area contributed by atoms with Crippen LogP contribution in [-0.4, -0.2) is 41.6 Å². The third-order valence-corrected chi connectivity index (χ3v) is 10.1. The van der Waals surface area contributed by atoms with Gasteiger partial charge in [-0.15, -0.1) is 0 Å². The summed E-state index contributed by atoms with van der Waals surface area (Å²) in [4.78, 5) is 0.853. The van der Waals surface area contributed by atoms with Gasteiger partial charge in [-0.2, -0.15) is 0 Å². The highest BCUT2D eigenvalue weighted by molar-refractivity contribution is 7.93. The summed E-state index contributed by atoms with van der Waals surface area (Å²) in [6, 6.07) is 17.2. The molecule has 2 aromatic rings. The van der Waals surface area contributed by atoms with E-state index in [-0.39, 0.29) is 17.6 Å². The van der Waals surface area contributed by atoms with Gasteiger partial charge in [-0.05, 0) is 43.0 Å². The van der Waals surface area contributed by atoms with E-state index in [9.17, 15) is 16.8 Å². The molecule has 1 aliphatic rings. The molecule has 162 valence electrons. The van der Waals surface area contributed by atoms with Crippen LogP contribution in [0.4, 0.5) is 0 Å². The van der Waals surface area contributed by atoms with Gasteiger partial charge in [0.1, 0.15) is 0 Å². The molecule has 7 heteroatoms. The van der Waals surface area contributed by atoms with Crippen molar-refractivity contribution in [2.24, 2.45) is 11.8 Å². The Kier molecular flexibility index (Phi) is 9.06. The highest BCUT2D eigenvalue weighted by Gasteiger charge is 2.64. The van der Waals surface area contributed by atoms with E-state index >= 15 is 0 Å². The van der Waals surface area contributed by atoms with Crippen LogP contribution in [0.25, 0.3) is 0 Å². The SMILES string of the molecule is CCS(=O)(=O)c1ccccc1.COC.C[C@@H]1[C@H](C)C1(C)S(=O)(=O)c1ccccc1. The van der Waals surface area contributed by atoms with Crippen LogP contribution >= 0.6 is 0 Å². The smallest absolute Gasteiger partial charge is 0.184 e. The first-order chi connectivity index (χ1) is 13.5. The van der Waals surface area contributed by atoms with Crippen LogP contribution < -0.4 is 0 Å². The number of rotatable bonds is 4. The Morgan fingerprint density at radius 3 is 1.45 bits per heavy atom. The molecule has 29 heavy (non-hydrogen) atoms. The first kappa shape index (κ1) is 25.3. The van der Waals surface area contributed by atoms with Crippen molar-refractivity contribution in [3.63, 3.8) is 0 Å². The minimum absolute atomic E-state index is 0.164. The van der Waals surface area contributed by atoms with E-state index in [1.807, 2.05) is 26.8 Å². The molecule has 2 aromatic carbocycles. The quantitative estimate of drug-likeness (QED) is 0.710. The predicted molar refractivity (Wildman–Crippen MR) is 117 cm³/mol. The number of hydrogen-bond acceptors (Lipinski definition) is 5. The Morgan fingerprint density at radius 1 is 0.793 bits per heavy atom. The fourth-order valence-electron chi connectivity index (χ4n) is 3.08. The summed E-state index contributed by atoms with van der Waals surface area (Å²) in [6.07, 6.45) is 0. The van der Waals surface area contributed by atoms with Gasteiger partial charge < -0.3 is 4.74 Å². The van der Waals surface area contributed by atoms with Crippen molar-refractivity contribution in [1.82, 2.24) is 0 Å². The summed E-state index contributed by atoms with van der Waals surface area (Å²) >= 11 is 0. The van der Waals surface area contributed by atoms with Crippen LogP contribution in [0.3, 0.4) is 0 Å². The van der Waals surface area contributed by atoms with E-state index in [4.69, 9.17) is 0 Å². The molecule has 0 radical (unpaired) electrons. The maximum absolute atomic E-state index is 12.3. The molecule has 1 saturated carbocycles. The number of methoxy groups -OCH3 is 1. The minimum atomic E-state index is -3.16. The van der Waals surface area contributed by atoms with Crippen LogP contribution in [0.1, 0.15) is 27.7 Å². The van der Waals surface area contributed by atoms with Gasteiger partial charge in [0.15, 0.2) is 19.7 Å². The summed E-state index contributed by atoms with van der Waals surface area (Å²) in [5, 5.41) is 0. The molecule has 1 fully saturated rings. The van der Waals surface area contributed by atoms with Crippen molar-refractivity contribution in [3.05, 3.63) is 60.7 Å². The van der Waals surface area contributed by atoms with E-state index in [1.54, 1.807) is 75.7 Å². The molecule has 0 saturated heterocycles. The molecule has 5 nitrogen and oxygen atoms in total. The topological polar surface area (TPSA) is 77.5 Å². The van der Waals surface area contributed by atoms with Gasteiger partial charge in [-0.25, -0.2) is 16.8 Å². The minimum Gasteiger partial charge on any atom is -0.388 e. The molecule has 0 heterocycles. The lowest BCUT2D eigenvalue weighted by Gasteiger charge is -2.12. The fraction of sp³-hybridized carbons (Fsp3) is 0.455. The molecule has 0 aliphatic heterocycles. The van der Waals surface area contributed by atoms with Gasteiger partial charge in [0.2, 0.25) is 0 Å². The zero-order valence-electron chi connectivity index (χ0n) is 18.0. The van der Waals surface area contributed by atoms with Crippen molar-refractivity contribution in [1.29, 1.82) is 0 Å². The van der Waals surface area contributed by atoms with Gasteiger partial charge in [-0.1, -0.05) is 57.2 Å². The van der Waals surface area contributed by atoms with Crippen LogP contribution in [0.15, 0.2) is 70.5 Å². The Labute approximate surface area is 176 Å². The zero-order valence-corrected chi connectivity index (χ0v) is 19.6. The van der Waals surface area contributed by atoms with Crippen molar-refractivity contribution in [2.45, 2.75) is 42.2 Å². The van der Waals surface area contributed by atoms with Gasteiger partial charge in [0, 0.05) is 14.2 Å². The van der Waals surface area contributed by atoms with Crippen LogP contribution in [0, 0.1) is 11.8 Å². The molecule has 0 bridgehead atoms. The lowest BCUT2D eigenvalue weighted by molar-refractivity contribution is 0.277. The van der Waals surface area contributed by atoms with E-state index in [2.05, 4.69) is 4.74 Å². The molecular formula is C22H32O5S2. The van der Waals surface area contributed by atoms with Gasteiger partial charge in [0.25, 0.3) is 0 Å². The molecule has 0 aromatic heterocycles. The second kappa shape index (κ2) is 10.4. The second-order valence-corrected chi connectivity index (χ2v) is 11.8. The van der Waals surface area contributed by atoms with Gasteiger partial charge >= 0.3 is 0 Å². The zero-order chi connectivity index (χ0) is 22.3. The number of sulfone groups is 2. The Morgan fingerprint density at radius 2 is 1.14 bits per heavy atom. The van der Waals surface area contributed by atoms with Crippen molar-refractivity contribution in [2.75, 3.05) is 20.0 Å². The van der Waals surface area contributed by atoms with Crippen LogP contribution in [0.2, 0.25) is 0 Å². The first-order valence-corrected chi connectivity index (χ1v) is 12.6. The second-order valence-electron chi connectivity index (χ2n) is 7.20. The Hall–Kier alpha value is -1.70. The largest absolute Gasteiger partial charge is 0.388 e. The van der Waals surface area contributed by atoms with E-state index in [0.29, 0.717) is 9.79 Å². The highest BCUT2D eigenvalue weighted by atomic mass is 32.2. The summed E-state index contributed by atoms with van der Waals surface area (Å²) in [5.74, 6) is 0.669. The standard InChI is InChI=1S/C12H16O2S.C8H10O2S.C2H6O/c1-9-10(2)12(9,3)15(13,14)11-7-5-4-6-8-11;1-2-11(9,10)8-6-4-3-5-7-8;1-3-2/h4-10H,1-3H3;3-7H,2H2,1H3;1-2H3/t9-,10+,12?;;. The fourth-order valence-corrected chi connectivity index (χ4v) is 6.33. The summed E-state index contributed by atoms with van der Waals surface area (Å²) in [6.45, 7) is 7.50. The Bertz CT molecular complexity index is 945. The molecule has 3 atom stereocenters. The van der Waals surface area contributed by atoms with E-state index < -0.39 is 24.4 Å². The van der Waals surface area contributed by atoms with Gasteiger partial charge in [-0.3, -0.25) is 0 Å². The molecule has 0 amide bonds. The summed E-state index contributed by atoms with van der Waals surface area (Å²) in [7, 11) is -2.91. The van der Waals surface area contributed by atoms with Crippen LogP contribution in [-0.2, 0) is 24.4 Å². The molecule has 1 aliphatic carbocycles. The summed E-state index contributed by atoms with van der Waals surface area (Å²) < 4.78 is 50.8. The van der Waals surface area contributed by atoms with E-state index in [1.165, 1.54) is 0 Å². The van der Waals surface area contributed by atoms with Crippen molar-refractivity contribution >= 4 is 19.7 Å². The third-order valence-electron chi connectivity index (χ3n) is 5.56. The average molecular weight is 441 g/mol. The van der Waals surface area contributed by atoms with Crippen LogP contribution in [0.5, 0.6) is 0 Å². The maximum atomic E-state index is 12.3. The van der Waals surface area contributed by atoms with Gasteiger partial charge in [0.05, 0.1) is 20.3 Å². The van der Waals surface area contributed by atoms with E-state index in [0.717, 1.165) is 0 Å². The lowest BCUT2D eigenvalue weighted by Crippen LogP contribution is -2.23. The maximum Gasteiger partial charge on any atom is 0.184 e. The summed E-state index contributed by atoms with van der Waals surface area (Å²) in [5.41, 5.74) is 0. The molecule has 0 spiro atoms. The highest BCUT2D eigenvalue weighted by Crippen LogP contribution is 2.57. The third kappa shape index (κ3) is 5.68. The normalized spacial score (nSPS) is 23.1. The monoisotopic (exact) mass is 440 g/mol. The van der Waals surface area contributed by atoms with Crippen molar-refractivity contribution < 1.29 is 21.6 Å². The average Bonchev–Trinajstić information content (AvgIpc) is 3.23. The lowest BCUT2D eigenvalue weighted by atomic mass is 10.4. The number of ether oxygens (including phenoxy) is 1.